The first-order chi connectivity index (χ1) is 11.9. The van der Waals surface area contributed by atoms with E-state index in [0.717, 1.165) is 16.9 Å². The summed E-state index contributed by atoms with van der Waals surface area (Å²) in [5.74, 6) is -0.0877. The Labute approximate surface area is 156 Å². The van der Waals surface area contributed by atoms with Crippen molar-refractivity contribution >= 4 is 33.0 Å². The standard InChI is InChI=1S/C18H14Cl2N2O2S/c1-2-11-25(23,24)15-6-4-14(5-7-15)22-10-9-18(21-22)13-3-8-16(19)17(20)12-13/h2-10,12H,1,11H2. The molecular formula is C18H14Cl2N2O2S. The molecule has 128 valence electrons. The van der Waals surface area contributed by atoms with Gasteiger partial charge < -0.3 is 0 Å². The van der Waals surface area contributed by atoms with Gasteiger partial charge in [-0.05, 0) is 42.5 Å². The molecule has 0 fully saturated rings. The number of hydrogen-bond acceptors (Lipinski definition) is 3. The zero-order valence-corrected chi connectivity index (χ0v) is 15.4. The zero-order chi connectivity index (χ0) is 18.0. The second-order valence-corrected chi connectivity index (χ2v) is 8.19. The molecule has 0 aliphatic heterocycles. The van der Waals surface area contributed by atoms with Gasteiger partial charge in [-0.3, -0.25) is 0 Å². The van der Waals surface area contributed by atoms with Crippen molar-refractivity contribution in [2.45, 2.75) is 4.90 Å². The average Bonchev–Trinajstić information content (AvgIpc) is 3.07. The number of rotatable bonds is 5. The van der Waals surface area contributed by atoms with Crippen LogP contribution in [0.15, 0.2) is 72.3 Å². The highest BCUT2D eigenvalue weighted by molar-refractivity contribution is 7.91. The Bertz CT molecular complexity index is 1030. The topological polar surface area (TPSA) is 52.0 Å². The Balaban J connectivity index is 1.90. The highest BCUT2D eigenvalue weighted by Crippen LogP contribution is 2.28. The molecule has 0 spiro atoms. The van der Waals surface area contributed by atoms with Gasteiger partial charge in [-0.25, -0.2) is 13.1 Å². The fourth-order valence-electron chi connectivity index (χ4n) is 2.33. The molecule has 0 atom stereocenters. The molecule has 0 saturated carbocycles. The van der Waals surface area contributed by atoms with Crippen LogP contribution < -0.4 is 0 Å². The van der Waals surface area contributed by atoms with Gasteiger partial charge in [-0.15, -0.1) is 6.58 Å². The molecule has 0 bridgehead atoms. The zero-order valence-electron chi connectivity index (χ0n) is 13.1. The lowest BCUT2D eigenvalue weighted by Gasteiger charge is -2.05. The van der Waals surface area contributed by atoms with Gasteiger partial charge in [0.15, 0.2) is 9.84 Å². The van der Waals surface area contributed by atoms with Crippen LogP contribution in [0.1, 0.15) is 0 Å². The summed E-state index contributed by atoms with van der Waals surface area (Å²) in [6, 6.07) is 13.7. The van der Waals surface area contributed by atoms with Crippen LogP contribution in [0, 0.1) is 0 Å². The van der Waals surface area contributed by atoms with Crippen LogP contribution in [-0.2, 0) is 9.84 Å². The summed E-state index contributed by atoms with van der Waals surface area (Å²) in [4.78, 5) is 0.257. The van der Waals surface area contributed by atoms with E-state index in [2.05, 4.69) is 11.7 Å². The predicted octanol–water partition coefficient (Wildman–Crippen LogP) is 4.81. The molecule has 3 rings (SSSR count). The van der Waals surface area contributed by atoms with E-state index in [1.165, 1.54) is 6.08 Å². The van der Waals surface area contributed by atoms with Crippen LogP contribution in [0.2, 0.25) is 10.0 Å². The molecule has 2 aromatic carbocycles. The smallest absolute Gasteiger partial charge is 0.181 e. The third kappa shape index (κ3) is 3.79. The summed E-state index contributed by atoms with van der Waals surface area (Å²) in [6.07, 6.45) is 3.17. The second-order valence-electron chi connectivity index (χ2n) is 5.34. The van der Waals surface area contributed by atoms with Crippen molar-refractivity contribution in [3.63, 3.8) is 0 Å². The largest absolute Gasteiger partial charge is 0.240 e. The Morgan fingerprint density at radius 1 is 1.04 bits per heavy atom. The lowest BCUT2D eigenvalue weighted by atomic mass is 10.2. The van der Waals surface area contributed by atoms with Crippen molar-refractivity contribution in [1.82, 2.24) is 9.78 Å². The predicted molar refractivity (Wildman–Crippen MR) is 101 cm³/mol. The third-order valence-electron chi connectivity index (χ3n) is 3.60. The van der Waals surface area contributed by atoms with Gasteiger partial charge in [0.05, 0.1) is 32.1 Å². The average molecular weight is 393 g/mol. The monoisotopic (exact) mass is 392 g/mol. The molecule has 1 aromatic heterocycles. The van der Waals surface area contributed by atoms with Gasteiger partial charge in [0.25, 0.3) is 0 Å². The SMILES string of the molecule is C=CCS(=O)(=O)c1ccc(-n2ccc(-c3ccc(Cl)c(Cl)c3)n2)cc1. The fourth-order valence-corrected chi connectivity index (χ4v) is 3.69. The maximum absolute atomic E-state index is 12.0. The van der Waals surface area contributed by atoms with E-state index in [-0.39, 0.29) is 10.6 Å². The minimum atomic E-state index is -3.33. The maximum Gasteiger partial charge on any atom is 0.181 e. The molecule has 0 saturated heterocycles. The molecule has 0 unspecified atom stereocenters. The molecule has 0 aliphatic rings. The highest BCUT2D eigenvalue weighted by atomic mass is 35.5. The van der Waals surface area contributed by atoms with Crippen LogP contribution in [0.25, 0.3) is 16.9 Å². The van der Waals surface area contributed by atoms with Crippen LogP contribution in [-0.4, -0.2) is 24.0 Å². The van der Waals surface area contributed by atoms with Crippen molar-refractivity contribution in [3.05, 3.63) is 77.4 Å². The summed E-state index contributed by atoms with van der Waals surface area (Å²) in [7, 11) is -3.33. The molecule has 3 aromatic rings. The minimum Gasteiger partial charge on any atom is -0.240 e. The van der Waals surface area contributed by atoms with Gasteiger partial charge in [0, 0.05) is 11.8 Å². The number of benzene rings is 2. The lowest BCUT2D eigenvalue weighted by Crippen LogP contribution is -2.04. The Morgan fingerprint density at radius 3 is 2.40 bits per heavy atom. The van der Waals surface area contributed by atoms with E-state index >= 15 is 0 Å². The van der Waals surface area contributed by atoms with Crippen LogP contribution in [0.3, 0.4) is 0 Å². The number of halogens is 2. The van der Waals surface area contributed by atoms with Crippen LogP contribution in [0.4, 0.5) is 0 Å². The summed E-state index contributed by atoms with van der Waals surface area (Å²) in [6.45, 7) is 3.47. The number of hydrogen-bond donors (Lipinski definition) is 0. The second kappa shape index (κ2) is 7.04. The molecule has 0 radical (unpaired) electrons. The molecule has 0 amide bonds. The molecule has 1 heterocycles. The van der Waals surface area contributed by atoms with Crippen molar-refractivity contribution in [1.29, 1.82) is 0 Å². The highest BCUT2D eigenvalue weighted by Gasteiger charge is 2.12. The van der Waals surface area contributed by atoms with Gasteiger partial charge in [-0.2, -0.15) is 5.10 Å². The van der Waals surface area contributed by atoms with E-state index in [9.17, 15) is 8.42 Å². The number of nitrogens with zero attached hydrogens (tertiary/aromatic N) is 2. The van der Waals surface area contributed by atoms with Crippen molar-refractivity contribution in [3.8, 4) is 16.9 Å². The quantitative estimate of drug-likeness (QED) is 0.585. The first-order valence-electron chi connectivity index (χ1n) is 7.36. The maximum atomic E-state index is 12.0. The minimum absolute atomic E-state index is 0.0877. The van der Waals surface area contributed by atoms with Gasteiger partial charge in [0.2, 0.25) is 0 Å². The molecular weight excluding hydrogens is 379 g/mol. The van der Waals surface area contributed by atoms with Crippen LogP contribution in [0.5, 0.6) is 0 Å². The Kier molecular flexibility index (Phi) is 4.99. The summed E-state index contributed by atoms with van der Waals surface area (Å²) in [5.41, 5.74) is 2.34. The first-order valence-corrected chi connectivity index (χ1v) is 9.77. The lowest BCUT2D eigenvalue weighted by molar-refractivity contribution is 0.599. The third-order valence-corrected chi connectivity index (χ3v) is 6.01. The van der Waals surface area contributed by atoms with Crippen LogP contribution >= 0.6 is 23.2 Å². The molecule has 25 heavy (non-hydrogen) atoms. The van der Waals surface area contributed by atoms with Gasteiger partial charge in [-0.1, -0.05) is 35.3 Å². The van der Waals surface area contributed by atoms with E-state index in [0.29, 0.717) is 10.0 Å². The van der Waals surface area contributed by atoms with Crippen molar-refractivity contribution in [2.24, 2.45) is 0 Å². The summed E-state index contributed by atoms with van der Waals surface area (Å²) >= 11 is 12.0. The number of aromatic nitrogens is 2. The first kappa shape index (κ1) is 17.7. The molecule has 4 nitrogen and oxygen atoms in total. The van der Waals surface area contributed by atoms with Crippen molar-refractivity contribution in [2.75, 3.05) is 5.75 Å². The summed E-state index contributed by atoms with van der Waals surface area (Å²) < 4.78 is 25.7. The molecule has 0 aliphatic carbocycles. The van der Waals surface area contributed by atoms with Crippen molar-refractivity contribution < 1.29 is 8.42 Å². The van der Waals surface area contributed by atoms with E-state index in [1.807, 2.05) is 12.1 Å². The number of sulfone groups is 1. The van der Waals surface area contributed by atoms with E-state index in [4.69, 9.17) is 23.2 Å². The normalized spacial score (nSPS) is 11.4. The van der Waals surface area contributed by atoms with Gasteiger partial charge >= 0.3 is 0 Å². The van der Waals surface area contributed by atoms with E-state index < -0.39 is 9.84 Å². The van der Waals surface area contributed by atoms with Gasteiger partial charge in [0.1, 0.15) is 0 Å². The van der Waals surface area contributed by atoms with E-state index in [1.54, 1.807) is 47.3 Å². The Morgan fingerprint density at radius 2 is 1.76 bits per heavy atom. The summed E-state index contributed by atoms with van der Waals surface area (Å²) in [5, 5.41) is 5.45. The fraction of sp³-hybridized carbons (Fsp3) is 0.0556. The Hall–Kier alpha value is -2.08. The molecule has 7 heteroatoms. The molecule has 0 N–H and O–H groups in total.